The average Bonchev–Trinajstić information content (AvgIpc) is 2.80. The van der Waals surface area contributed by atoms with E-state index in [1.54, 1.807) is 12.1 Å². The third kappa shape index (κ3) is 6.09. The van der Waals surface area contributed by atoms with Gasteiger partial charge in [-0.25, -0.2) is 13.9 Å². The predicted octanol–water partition coefficient (Wildman–Crippen LogP) is 2.19. The van der Waals surface area contributed by atoms with E-state index >= 15 is 0 Å². The summed E-state index contributed by atoms with van der Waals surface area (Å²) < 4.78 is 32.2. The second-order valence-corrected chi connectivity index (χ2v) is 11.3. The van der Waals surface area contributed by atoms with Gasteiger partial charge in [0.1, 0.15) is 4.87 Å². The summed E-state index contributed by atoms with van der Waals surface area (Å²) in [6.07, 6.45) is -0.501. The van der Waals surface area contributed by atoms with E-state index in [-0.39, 0.29) is 11.3 Å². The first-order valence-electron chi connectivity index (χ1n) is 10.3. The number of nitrogens with one attached hydrogen (secondary N) is 1. The van der Waals surface area contributed by atoms with Crippen molar-refractivity contribution in [3.8, 4) is 0 Å². The monoisotopic (exact) mass is 479 g/mol. The molecule has 4 N–H and O–H groups in total. The maximum absolute atomic E-state index is 13.4. The molecule has 0 aromatic heterocycles. The van der Waals surface area contributed by atoms with Gasteiger partial charge in [-0.3, -0.25) is 14.9 Å². The Morgan fingerprint density at radius 3 is 2.25 bits per heavy atom. The smallest absolute Gasteiger partial charge is 0.246 e. The van der Waals surface area contributed by atoms with Crippen LogP contribution in [0, 0.1) is 6.92 Å². The van der Waals surface area contributed by atoms with Crippen LogP contribution in [0.2, 0.25) is 0 Å². The predicted molar refractivity (Wildman–Crippen MR) is 122 cm³/mol. The summed E-state index contributed by atoms with van der Waals surface area (Å²) in [4.78, 5) is 14.1. The van der Waals surface area contributed by atoms with Gasteiger partial charge in [0.25, 0.3) is 0 Å². The third-order valence-electron chi connectivity index (χ3n) is 5.47. The van der Waals surface area contributed by atoms with Crippen LogP contribution in [-0.4, -0.2) is 62.2 Å². The topological polar surface area (TPSA) is 122 Å². The number of hydroxylamine groups is 1. The van der Waals surface area contributed by atoms with Gasteiger partial charge in [-0.1, -0.05) is 29.5 Å². The molecule has 10 heteroatoms. The van der Waals surface area contributed by atoms with E-state index in [1.165, 1.54) is 34.9 Å². The molecule has 1 saturated heterocycles. The van der Waals surface area contributed by atoms with Crippen LogP contribution in [0.15, 0.2) is 63.2 Å². The Balaban J connectivity index is 1.79. The number of ether oxygens (including phenoxy) is 1. The summed E-state index contributed by atoms with van der Waals surface area (Å²) in [6.45, 7) is 4.91. The van der Waals surface area contributed by atoms with Crippen molar-refractivity contribution in [2.24, 2.45) is 5.73 Å². The zero-order valence-electron chi connectivity index (χ0n) is 18.0. The van der Waals surface area contributed by atoms with Crippen molar-refractivity contribution in [3.63, 3.8) is 0 Å². The highest BCUT2D eigenvalue weighted by molar-refractivity contribution is 7.99. The van der Waals surface area contributed by atoms with Crippen molar-refractivity contribution in [1.82, 2.24) is 10.4 Å². The molecular formula is C22H29N3O5S2. The molecule has 1 heterocycles. The molecule has 0 saturated carbocycles. The fourth-order valence-corrected chi connectivity index (χ4v) is 5.93. The molecule has 0 bridgehead atoms. The van der Waals surface area contributed by atoms with Gasteiger partial charge in [0.15, 0.2) is 9.84 Å². The van der Waals surface area contributed by atoms with Crippen LogP contribution in [-0.2, 0) is 19.4 Å². The molecule has 1 aliphatic rings. The Morgan fingerprint density at radius 2 is 1.69 bits per heavy atom. The van der Waals surface area contributed by atoms with Crippen LogP contribution in [0.1, 0.15) is 18.4 Å². The minimum atomic E-state index is -4.06. The largest absolute Gasteiger partial charge is 0.379 e. The Bertz CT molecular complexity index is 1010. The van der Waals surface area contributed by atoms with E-state index in [0.717, 1.165) is 9.79 Å². The lowest BCUT2D eigenvalue weighted by Gasteiger charge is -2.33. The summed E-state index contributed by atoms with van der Waals surface area (Å²) in [7, 11) is -4.06. The number of rotatable bonds is 9. The van der Waals surface area contributed by atoms with E-state index in [1.807, 2.05) is 31.2 Å². The fourth-order valence-electron chi connectivity index (χ4n) is 3.47. The second kappa shape index (κ2) is 10.8. The van der Waals surface area contributed by atoms with Crippen molar-refractivity contribution in [1.29, 1.82) is 0 Å². The molecule has 1 amide bonds. The number of nitrogens with zero attached hydrogens (tertiary/aromatic N) is 1. The summed E-state index contributed by atoms with van der Waals surface area (Å²) in [5.74, 6) is -0.843. The molecule has 3 rings (SSSR count). The number of aryl methyl sites for hydroxylation is 1. The number of morpholine rings is 1. The van der Waals surface area contributed by atoms with Crippen molar-refractivity contribution >= 4 is 27.5 Å². The van der Waals surface area contributed by atoms with Crippen LogP contribution in [0.3, 0.4) is 0 Å². The lowest BCUT2D eigenvalue weighted by molar-refractivity contribution is -0.129. The highest BCUT2D eigenvalue weighted by Crippen LogP contribution is 2.32. The molecule has 8 nitrogen and oxygen atoms in total. The molecule has 2 aromatic carbocycles. The third-order valence-corrected chi connectivity index (χ3v) is 8.79. The van der Waals surface area contributed by atoms with E-state index in [2.05, 4.69) is 4.90 Å². The molecule has 2 aromatic rings. The van der Waals surface area contributed by atoms with Crippen LogP contribution in [0.4, 0.5) is 0 Å². The molecule has 1 fully saturated rings. The first-order valence-corrected chi connectivity index (χ1v) is 12.6. The molecule has 174 valence electrons. The highest BCUT2D eigenvalue weighted by Gasteiger charge is 2.43. The number of nitrogens with two attached hydrogens (primary N) is 1. The summed E-state index contributed by atoms with van der Waals surface area (Å²) >= 11 is 1.52. The number of hydrogen-bond donors (Lipinski definition) is 3. The van der Waals surface area contributed by atoms with E-state index in [9.17, 15) is 13.2 Å². The van der Waals surface area contributed by atoms with Crippen molar-refractivity contribution in [2.75, 3.05) is 32.8 Å². The Morgan fingerprint density at radius 1 is 1.12 bits per heavy atom. The minimum absolute atomic E-state index is 0.0426. The van der Waals surface area contributed by atoms with E-state index in [0.29, 0.717) is 32.8 Å². The van der Waals surface area contributed by atoms with Crippen molar-refractivity contribution < 1.29 is 23.2 Å². The lowest BCUT2D eigenvalue weighted by Crippen LogP contribution is -2.53. The van der Waals surface area contributed by atoms with E-state index in [4.69, 9.17) is 15.7 Å². The van der Waals surface area contributed by atoms with Gasteiger partial charge in [-0.15, -0.1) is 0 Å². The molecule has 0 radical (unpaired) electrons. The fraction of sp³-hybridized carbons (Fsp3) is 0.409. The molecule has 1 atom stereocenters. The van der Waals surface area contributed by atoms with Crippen molar-refractivity contribution in [3.05, 3.63) is 54.1 Å². The molecule has 0 spiro atoms. The molecule has 1 aliphatic heterocycles. The zero-order valence-corrected chi connectivity index (χ0v) is 19.6. The highest BCUT2D eigenvalue weighted by atomic mass is 32.2. The van der Waals surface area contributed by atoms with E-state index < -0.39 is 27.0 Å². The van der Waals surface area contributed by atoms with Gasteiger partial charge in [0.05, 0.1) is 24.5 Å². The van der Waals surface area contributed by atoms with Gasteiger partial charge >= 0.3 is 0 Å². The lowest BCUT2D eigenvalue weighted by atomic mass is 10.1. The van der Waals surface area contributed by atoms with Crippen LogP contribution >= 0.6 is 11.8 Å². The quantitative estimate of drug-likeness (QED) is 0.370. The van der Waals surface area contributed by atoms with Crippen LogP contribution < -0.4 is 11.2 Å². The maximum atomic E-state index is 13.4. The average molecular weight is 480 g/mol. The zero-order chi connectivity index (χ0) is 23.2. The Kier molecular flexibility index (Phi) is 8.32. The summed E-state index contributed by atoms with van der Waals surface area (Å²) in [5.41, 5.74) is 9.02. The summed E-state index contributed by atoms with van der Waals surface area (Å²) in [6, 6.07) is 14.5. The minimum Gasteiger partial charge on any atom is -0.379 e. The number of carbonyl (C=O) groups excluding carboxylic acids is 1. The van der Waals surface area contributed by atoms with Crippen LogP contribution in [0.25, 0.3) is 0 Å². The maximum Gasteiger partial charge on any atom is 0.246 e. The van der Waals surface area contributed by atoms with Gasteiger partial charge in [-0.2, -0.15) is 0 Å². The summed E-state index contributed by atoms with van der Waals surface area (Å²) in [5, 5.41) is 8.97. The number of amides is 1. The molecule has 1 unspecified atom stereocenters. The molecule has 32 heavy (non-hydrogen) atoms. The Labute approximate surface area is 193 Å². The normalized spacial score (nSPS) is 17.0. The van der Waals surface area contributed by atoms with Crippen LogP contribution in [0.5, 0.6) is 0 Å². The van der Waals surface area contributed by atoms with Gasteiger partial charge < -0.3 is 10.5 Å². The first-order chi connectivity index (χ1) is 15.2. The first kappa shape index (κ1) is 24.7. The number of hydrogen-bond acceptors (Lipinski definition) is 8. The molecular weight excluding hydrogens is 450 g/mol. The Hall–Kier alpha value is -1.95. The molecule has 0 aliphatic carbocycles. The number of benzene rings is 2. The second-order valence-electron chi connectivity index (χ2n) is 7.87. The number of sulfone groups is 1. The standard InChI is InChI=1S/C22H29N3O5S2/c1-17-2-4-18(5-3-17)31-19-6-8-20(9-7-19)32(28,29)22(23,16-21(26)24-27)10-11-25-12-14-30-15-13-25/h2-9,27H,10-16,23H2,1H3,(H,24,26). The van der Waals surface area contributed by atoms with Gasteiger partial charge in [-0.05, 0) is 49.7 Å². The number of carbonyl (C=O) groups is 1. The van der Waals surface area contributed by atoms with Gasteiger partial charge in [0, 0.05) is 29.4 Å². The van der Waals surface area contributed by atoms with Gasteiger partial charge in [0.2, 0.25) is 5.91 Å². The van der Waals surface area contributed by atoms with Crippen molar-refractivity contribution in [2.45, 2.75) is 39.3 Å². The SMILES string of the molecule is Cc1ccc(Sc2ccc(S(=O)(=O)C(N)(CCN3CCOCC3)CC(=O)NO)cc2)cc1.